The second-order valence-electron chi connectivity index (χ2n) is 5.01. The SMILES string of the molecule is O=C(CCn1cnc2ccccc21)NC[C@H](O)c1ccco1. The highest BCUT2D eigenvalue weighted by Gasteiger charge is 2.12. The van der Waals surface area contributed by atoms with E-state index in [9.17, 15) is 9.90 Å². The minimum Gasteiger partial charge on any atom is -0.467 e. The summed E-state index contributed by atoms with van der Waals surface area (Å²) in [5.74, 6) is 0.323. The van der Waals surface area contributed by atoms with Crippen LogP contribution in [0.5, 0.6) is 0 Å². The number of rotatable bonds is 6. The number of amides is 1. The van der Waals surface area contributed by atoms with E-state index >= 15 is 0 Å². The van der Waals surface area contributed by atoms with Crippen LogP contribution in [0.3, 0.4) is 0 Å². The summed E-state index contributed by atoms with van der Waals surface area (Å²) in [6, 6.07) is 11.2. The molecule has 0 aliphatic heterocycles. The van der Waals surface area contributed by atoms with Gasteiger partial charge in [-0.25, -0.2) is 4.98 Å². The summed E-state index contributed by atoms with van der Waals surface area (Å²) in [6.45, 7) is 0.681. The van der Waals surface area contributed by atoms with Crippen molar-refractivity contribution in [3.05, 3.63) is 54.7 Å². The molecule has 0 saturated heterocycles. The Hall–Kier alpha value is -2.60. The Bertz CT molecular complexity index is 749. The molecular weight excluding hydrogens is 282 g/mol. The molecule has 3 aromatic rings. The zero-order valence-electron chi connectivity index (χ0n) is 12.0. The lowest BCUT2D eigenvalue weighted by molar-refractivity contribution is -0.121. The van der Waals surface area contributed by atoms with E-state index < -0.39 is 6.10 Å². The zero-order chi connectivity index (χ0) is 15.4. The maximum Gasteiger partial charge on any atom is 0.221 e. The molecule has 0 bridgehead atoms. The van der Waals surface area contributed by atoms with E-state index in [1.165, 1.54) is 6.26 Å². The molecule has 6 heteroatoms. The van der Waals surface area contributed by atoms with Gasteiger partial charge < -0.3 is 19.4 Å². The Kier molecular flexibility index (Phi) is 4.20. The Labute approximate surface area is 127 Å². The molecule has 1 amide bonds. The lowest BCUT2D eigenvalue weighted by Gasteiger charge is -2.10. The van der Waals surface area contributed by atoms with Crippen molar-refractivity contribution < 1.29 is 14.3 Å². The first-order valence-corrected chi connectivity index (χ1v) is 7.12. The molecule has 0 fully saturated rings. The molecule has 1 aromatic carbocycles. The van der Waals surface area contributed by atoms with Crippen molar-refractivity contribution in [2.24, 2.45) is 0 Å². The van der Waals surface area contributed by atoms with Crippen LogP contribution in [0.1, 0.15) is 18.3 Å². The summed E-state index contributed by atoms with van der Waals surface area (Å²) in [7, 11) is 0. The molecule has 0 unspecified atom stereocenters. The zero-order valence-corrected chi connectivity index (χ0v) is 12.0. The fourth-order valence-electron chi connectivity index (χ4n) is 2.29. The van der Waals surface area contributed by atoms with Gasteiger partial charge in [-0.15, -0.1) is 0 Å². The predicted octanol–water partition coefficient (Wildman–Crippen LogP) is 1.87. The fourth-order valence-corrected chi connectivity index (χ4v) is 2.29. The second-order valence-corrected chi connectivity index (χ2v) is 5.01. The number of aryl methyl sites for hydroxylation is 1. The van der Waals surface area contributed by atoms with Crippen molar-refractivity contribution in [3.8, 4) is 0 Å². The molecule has 3 rings (SSSR count). The lowest BCUT2D eigenvalue weighted by atomic mass is 10.2. The van der Waals surface area contributed by atoms with Gasteiger partial charge in [-0.05, 0) is 24.3 Å². The Morgan fingerprint density at radius 1 is 1.32 bits per heavy atom. The molecule has 0 saturated carbocycles. The van der Waals surface area contributed by atoms with E-state index in [2.05, 4.69) is 10.3 Å². The van der Waals surface area contributed by atoms with Crippen LogP contribution in [-0.4, -0.2) is 27.1 Å². The number of hydrogen-bond donors (Lipinski definition) is 2. The molecule has 0 radical (unpaired) electrons. The first-order valence-electron chi connectivity index (χ1n) is 7.12. The molecule has 2 heterocycles. The molecule has 0 aliphatic carbocycles. The molecule has 114 valence electrons. The van der Waals surface area contributed by atoms with Gasteiger partial charge in [-0.1, -0.05) is 12.1 Å². The van der Waals surface area contributed by atoms with Crippen molar-refractivity contribution in [2.75, 3.05) is 6.54 Å². The van der Waals surface area contributed by atoms with Gasteiger partial charge in [0, 0.05) is 13.0 Å². The maximum atomic E-state index is 11.9. The first kappa shape index (κ1) is 14.3. The number of nitrogens with one attached hydrogen (secondary N) is 1. The smallest absolute Gasteiger partial charge is 0.221 e. The third kappa shape index (κ3) is 3.17. The van der Waals surface area contributed by atoms with Gasteiger partial charge in [-0.3, -0.25) is 4.79 Å². The third-order valence-corrected chi connectivity index (χ3v) is 3.47. The highest BCUT2D eigenvalue weighted by atomic mass is 16.4. The number of carbonyl (C=O) groups is 1. The number of furan rings is 1. The molecule has 0 spiro atoms. The summed E-state index contributed by atoms with van der Waals surface area (Å²) in [5, 5.41) is 12.5. The van der Waals surface area contributed by atoms with E-state index in [4.69, 9.17) is 4.42 Å². The van der Waals surface area contributed by atoms with Gasteiger partial charge >= 0.3 is 0 Å². The van der Waals surface area contributed by atoms with Gasteiger partial charge in [0.15, 0.2) is 0 Å². The molecule has 6 nitrogen and oxygen atoms in total. The number of fused-ring (bicyclic) bond motifs is 1. The highest BCUT2D eigenvalue weighted by molar-refractivity contribution is 5.77. The number of benzene rings is 1. The average Bonchev–Trinajstić information content (AvgIpc) is 3.20. The maximum absolute atomic E-state index is 11.9. The molecule has 0 aliphatic rings. The quantitative estimate of drug-likeness (QED) is 0.728. The second kappa shape index (κ2) is 6.44. The Morgan fingerprint density at radius 3 is 3.00 bits per heavy atom. The van der Waals surface area contributed by atoms with E-state index in [0.29, 0.717) is 18.7 Å². The average molecular weight is 299 g/mol. The van der Waals surface area contributed by atoms with Crippen LogP contribution < -0.4 is 5.32 Å². The van der Waals surface area contributed by atoms with Gasteiger partial charge in [0.05, 0.1) is 30.2 Å². The summed E-state index contributed by atoms with van der Waals surface area (Å²) in [6.07, 6.45) is 2.72. The van der Waals surface area contributed by atoms with E-state index in [1.54, 1.807) is 18.5 Å². The number of aliphatic hydroxyl groups is 1. The van der Waals surface area contributed by atoms with E-state index in [-0.39, 0.29) is 12.5 Å². The van der Waals surface area contributed by atoms with Crippen molar-refractivity contribution in [3.63, 3.8) is 0 Å². The van der Waals surface area contributed by atoms with Crippen LogP contribution in [0.15, 0.2) is 53.4 Å². The van der Waals surface area contributed by atoms with Crippen LogP contribution in [0, 0.1) is 0 Å². The number of hydrogen-bond acceptors (Lipinski definition) is 4. The third-order valence-electron chi connectivity index (χ3n) is 3.47. The molecule has 2 N–H and O–H groups in total. The standard InChI is InChI=1S/C16H17N3O3/c20-14(15-6-3-9-22-15)10-17-16(21)7-8-19-11-18-12-4-1-2-5-13(12)19/h1-6,9,11,14,20H,7-8,10H2,(H,17,21)/t14-/m0/s1. The van der Waals surface area contributed by atoms with Crippen LogP contribution >= 0.6 is 0 Å². The number of aliphatic hydroxyl groups excluding tert-OH is 1. The number of carbonyl (C=O) groups excluding carboxylic acids is 1. The largest absolute Gasteiger partial charge is 0.467 e. The summed E-state index contributed by atoms with van der Waals surface area (Å²) in [4.78, 5) is 16.1. The minimum atomic E-state index is -0.826. The van der Waals surface area contributed by atoms with Crippen molar-refractivity contribution in [2.45, 2.75) is 19.1 Å². The Balaban J connectivity index is 1.50. The predicted molar refractivity (Wildman–Crippen MR) is 81.0 cm³/mol. The summed E-state index contributed by atoms with van der Waals surface area (Å²) >= 11 is 0. The van der Waals surface area contributed by atoms with Gasteiger partial charge in [0.2, 0.25) is 5.91 Å². The van der Waals surface area contributed by atoms with Crippen molar-refractivity contribution in [1.82, 2.24) is 14.9 Å². The Morgan fingerprint density at radius 2 is 2.18 bits per heavy atom. The molecular formula is C16H17N3O3. The van der Waals surface area contributed by atoms with Gasteiger partial charge in [0.1, 0.15) is 11.9 Å². The number of imidazole rings is 1. The van der Waals surface area contributed by atoms with Crippen molar-refractivity contribution in [1.29, 1.82) is 0 Å². The monoisotopic (exact) mass is 299 g/mol. The van der Waals surface area contributed by atoms with Crippen molar-refractivity contribution >= 4 is 16.9 Å². The molecule has 22 heavy (non-hydrogen) atoms. The van der Waals surface area contributed by atoms with Gasteiger partial charge in [0.25, 0.3) is 0 Å². The first-order chi connectivity index (χ1) is 10.7. The minimum absolute atomic E-state index is 0.122. The van der Waals surface area contributed by atoms with E-state index in [1.807, 2.05) is 28.8 Å². The number of nitrogens with zero attached hydrogens (tertiary/aromatic N) is 2. The summed E-state index contributed by atoms with van der Waals surface area (Å²) < 4.78 is 7.02. The topological polar surface area (TPSA) is 80.3 Å². The fraction of sp³-hybridized carbons (Fsp3) is 0.250. The van der Waals surface area contributed by atoms with Crippen LogP contribution in [0.25, 0.3) is 11.0 Å². The van der Waals surface area contributed by atoms with Crippen LogP contribution in [-0.2, 0) is 11.3 Å². The number of para-hydroxylation sites is 2. The van der Waals surface area contributed by atoms with Crippen LogP contribution in [0.2, 0.25) is 0 Å². The number of aromatic nitrogens is 2. The summed E-state index contributed by atoms with van der Waals surface area (Å²) in [5.41, 5.74) is 1.92. The van der Waals surface area contributed by atoms with Gasteiger partial charge in [-0.2, -0.15) is 0 Å². The van der Waals surface area contributed by atoms with Crippen LogP contribution in [0.4, 0.5) is 0 Å². The lowest BCUT2D eigenvalue weighted by Crippen LogP contribution is -2.28. The molecule has 2 aromatic heterocycles. The highest BCUT2D eigenvalue weighted by Crippen LogP contribution is 2.13. The van der Waals surface area contributed by atoms with E-state index in [0.717, 1.165) is 11.0 Å². The molecule has 1 atom stereocenters. The normalized spacial score (nSPS) is 12.4.